The fourth-order valence-corrected chi connectivity index (χ4v) is 2.57. The molecular weight excluding hydrogens is 304 g/mol. The Kier molecular flexibility index (Phi) is 7.21. The molecule has 0 unspecified atom stereocenters. The number of nitrogens with zero attached hydrogens (tertiary/aromatic N) is 1. The summed E-state index contributed by atoms with van der Waals surface area (Å²) in [6.07, 6.45) is 5.79. The number of esters is 1. The van der Waals surface area contributed by atoms with Crippen LogP contribution in [0.2, 0.25) is 0 Å². The van der Waals surface area contributed by atoms with Crippen LogP contribution in [0.25, 0.3) is 10.8 Å². The minimum absolute atomic E-state index is 0.132. The lowest BCUT2D eigenvalue weighted by atomic mass is 10.1. The third kappa shape index (κ3) is 5.33. The summed E-state index contributed by atoms with van der Waals surface area (Å²) in [5, 5.41) is 4.80. The van der Waals surface area contributed by atoms with Gasteiger partial charge in [0.05, 0.1) is 6.61 Å². The molecule has 0 bridgehead atoms. The summed E-state index contributed by atoms with van der Waals surface area (Å²) in [7, 11) is 0. The van der Waals surface area contributed by atoms with E-state index in [0.29, 0.717) is 25.3 Å². The van der Waals surface area contributed by atoms with Crippen LogP contribution in [0.15, 0.2) is 36.5 Å². The first-order valence-electron chi connectivity index (χ1n) is 8.50. The van der Waals surface area contributed by atoms with Crippen molar-refractivity contribution in [1.82, 2.24) is 10.3 Å². The Labute approximate surface area is 142 Å². The van der Waals surface area contributed by atoms with Gasteiger partial charge in [0, 0.05) is 24.5 Å². The fraction of sp³-hybridized carbons (Fsp3) is 0.421. The van der Waals surface area contributed by atoms with Crippen molar-refractivity contribution < 1.29 is 14.3 Å². The third-order valence-electron chi connectivity index (χ3n) is 3.79. The molecule has 0 aliphatic rings. The Morgan fingerprint density at radius 2 is 1.88 bits per heavy atom. The Morgan fingerprint density at radius 3 is 2.71 bits per heavy atom. The fourth-order valence-electron chi connectivity index (χ4n) is 2.57. The van der Waals surface area contributed by atoms with Gasteiger partial charge in [-0.05, 0) is 31.2 Å². The lowest BCUT2D eigenvalue weighted by Gasteiger charge is -2.07. The van der Waals surface area contributed by atoms with Gasteiger partial charge in [-0.15, -0.1) is 0 Å². The first-order valence-corrected chi connectivity index (χ1v) is 8.50. The summed E-state index contributed by atoms with van der Waals surface area (Å²) >= 11 is 0. The first kappa shape index (κ1) is 17.9. The summed E-state index contributed by atoms with van der Waals surface area (Å²) in [5.74, 6) is -0.272. The predicted octanol–water partition coefficient (Wildman–Crippen LogP) is 3.48. The average Bonchev–Trinajstić information content (AvgIpc) is 2.60. The Hall–Kier alpha value is -2.43. The molecule has 1 N–H and O–H groups in total. The van der Waals surface area contributed by atoms with E-state index in [4.69, 9.17) is 4.74 Å². The van der Waals surface area contributed by atoms with Gasteiger partial charge < -0.3 is 10.1 Å². The van der Waals surface area contributed by atoms with Crippen LogP contribution in [0.4, 0.5) is 0 Å². The topological polar surface area (TPSA) is 68.3 Å². The molecule has 24 heavy (non-hydrogen) atoms. The van der Waals surface area contributed by atoms with Crippen molar-refractivity contribution in [2.75, 3.05) is 13.2 Å². The molecule has 1 heterocycles. The number of nitrogens with one attached hydrogen (secondary N) is 1. The molecule has 128 valence electrons. The van der Waals surface area contributed by atoms with Crippen LogP contribution in [0.3, 0.4) is 0 Å². The van der Waals surface area contributed by atoms with E-state index >= 15 is 0 Å². The molecule has 0 aliphatic heterocycles. The maximum absolute atomic E-state index is 12.3. The molecule has 0 spiro atoms. The highest BCUT2D eigenvalue weighted by molar-refractivity contribution is 6.05. The van der Waals surface area contributed by atoms with Crippen LogP contribution in [0.1, 0.15) is 49.5 Å². The Morgan fingerprint density at radius 1 is 1.08 bits per heavy atom. The number of fused-ring (bicyclic) bond motifs is 1. The number of benzene rings is 1. The third-order valence-corrected chi connectivity index (χ3v) is 3.79. The second-order valence-electron chi connectivity index (χ2n) is 5.61. The molecule has 0 aliphatic carbocycles. The summed E-state index contributed by atoms with van der Waals surface area (Å²) in [5.41, 5.74) is 0.468. The van der Waals surface area contributed by atoms with Crippen LogP contribution < -0.4 is 5.32 Å². The normalized spacial score (nSPS) is 10.5. The number of ether oxygens (including phenoxy) is 1. The molecule has 0 atom stereocenters. The number of pyridine rings is 1. The molecule has 0 saturated heterocycles. The molecule has 1 aromatic carbocycles. The Bertz CT molecular complexity index is 680. The zero-order valence-corrected chi connectivity index (χ0v) is 14.1. The van der Waals surface area contributed by atoms with Gasteiger partial charge in [0.25, 0.3) is 5.91 Å². The van der Waals surface area contributed by atoms with E-state index < -0.39 is 0 Å². The van der Waals surface area contributed by atoms with E-state index in [9.17, 15) is 9.59 Å². The summed E-state index contributed by atoms with van der Waals surface area (Å²) < 4.78 is 4.88. The van der Waals surface area contributed by atoms with E-state index in [1.807, 2.05) is 37.3 Å². The molecule has 1 amide bonds. The highest BCUT2D eigenvalue weighted by Crippen LogP contribution is 2.16. The predicted molar refractivity (Wildman–Crippen MR) is 93.8 cm³/mol. The maximum Gasteiger partial charge on any atom is 0.305 e. The number of hydrogen-bond acceptors (Lipinski definition) is 4. The zero-order valence-electron chi connectivity index (χ0n) is 14.1. The molecule has 5 heteroatoms. The van der Waals surface area contributed by atoms with Gasteiger partial charge in [0.15, 0.2) is 0 Å². The first-order chi connectivity index (χ1) is 11.7. The number of carbonyl (C=O) groups excluding carboxylic acids is 2. The van der Waals surface area contributed by atoms with Gasteiger partial charge in [-0.25, -0.2) is 0 Å². The molecule has 1 aromatic heterocycles. The van der Waals surface area contributed by atoms with E-state index in [2.05, 4.69) is 10.3 Å². The lowest BCUT2D eigenvalue weighted by Crippen LogP contribution is -2.25. The number of rotatable bonds is 9. The smallest absolute Gasteiger partial charge is 0.305 e. The summed E-state index contributed by atoms with van der Waals surface area (Å²) in [6.45, 7) is 2.86. The standard InChI is InChI=1S/C19H24N2O3/c1-2-24-17(22)11-5-3-4-8-13-21-19(23)18-16-10-7-6-9-15(16)12-14-20-18/h6-7,9-10,12,14H,2-5,8,11,13H2,1H3,(H,21,23). The van der Waals surface area contributed by atoms with Crippen molar-refractivity contribution in [2.24, 2.45) is 0 Å². The van der Waals surface area contributed by atoms with Gasteiger partial charge in [-0.1, -0.05) is 37.1 Å². The van der Waals surface area contributed by atoms with Crippen molar-refractivity contribution in [1.29, 1.82) is 0 Å². The van der Waals surface area contributed by atoms with Gasteiger partial charge in [-0.3, -0.25) is 14.6 Å². The SMILES string of the molecule is CCOC(=O)CCCCCCNC(=O)c1nccc2ccccc12. The molecule has 2 rings (SSSR count). The molecule has 0 fully saturated rings. The lowest BCUT2D eigenvalue weighted by molar-refractivity contribution is -0.143. The number of unbranched alkanes of at least 4 members (excludes halogenated alkanes) is 3. The second-order valence-corrected chi connectivity index (χ2v) is 5.61. The number of aromatic nitrogens is 1. The molecule has 2 aromatic rings. The van der Waals surface area contributed by atoms with Crippen molar-refractivity contribution >= 4 is 22.6 Å². The highest BCUT2D eigenvalue weighted by Gasteiger charge is 2.10. The number of amides is 1. The molecule has 5 nitrogen and oxygen atoms in total. The van der Waals surface area contributed by atoms with Crippen molar-refractivity contribution in [3.8, 4) is 0 Å². The van der Waals surface area contributed by atoms with Gasteiger partial charge >= 0.3 is 5.97 Å². The van der Waals surface area contributed by atoms with Crippen LogP contribution in [0.5, 0.6) is 0 Å². The van der Waals surface area contributed by atoms with Crippen molar-refractivity contribution in [3.05, 3.63) is 42.2 Å². The van der Waals surface area contributed by atoms with E-state index in [1.54, 1.807) is 6.20 Å². The summed E-state index contributed by atoms with van der Waals surface area (Å²) in [4.78, 5) is 27.7. The van der Waals surface area contributed by atoms with Crippen LogP contribution in [-0.4, -0.2) is 30.0 Å². The zero-order chi connectivity index (χ0) is 17.2. The number of carbonyl (C=O) groups is 2. The van der Waals surface area contributed by atoms with Crippen molar-refractivity contribution in [2.45, 2.75) is 39.0 Å². The van der Waals surface area contributed by atoms with E-state index in [-0.39, 0.29) is 11.9 Å². The van der Waals surface area contributed by atoms with Crippen LogP contribution in [0, 0.1) is 0 Å². The van der Waals surface area contributed by atoms with Crippen LogP contribution >= 0.6 is 0 Å². The Balaban J connectivity index is 1.69. The minimum Gasteiger partial charge on any atom is -0.466 e. The number of hydrogen-bond donors (Lipinski definition) is 1. The van der Waals surface area contributed by atoms with E-state index in [0.717, 1.165) is 36.5 Å². The van der Waals surface area contributed by atoms with Gasteiger partial charge in [-0.2, -0.15) is 0 Å². The van der Waals surface area contributed by atoms with Crippen LogP contribution in [-0.2, 0) is 9.53 Å². The largest absolute Gasteiger partial charge is 0.466 e. The molecule has 0 saturated carbocycles. The highest BCUT2D eigenvalue weighted by atomic mass is 16.5. The minimum atomic E-state index is -0.140. The quantitative estimate of drug-likeness (QED) is 0.565. The maximum atomic E-state index is 12.3. The van der Waals surface area contributed by atoms with E-state index in [1.165, 1.54) is 0 Å². The molecular formula is C19H24N2O3. The van der Waals surface area contributed by atoms with Gasteiger partial charge in [0.2, 0.25) is 0 Å². The van der Waals surface area contributed by atoms with Gasteiger partial charge in [0.1, 0.15) is 5.69 Å². The summed E-state index contributed by atoms with van der Waals surface area (Å²) in [6, 6.07) is 9.63. The second kappa shape index (κ2) is 9.65. The monoisotopic (exact) mass is 328 g/mol. The van der Waals surface area contributed by atoms with Crippen molar-refractivity contribution in [3.63, 3.8) is 0 Å². The average molecular weight is 328 g/mol. The molecule has 0 radical (unpaired) electrons.